The van der Waals surface area contributed by atoms with Crippen LogP contribution in [-0.4, -0.2) is 48.6 Å². The number of rotatable bonds is 7. The molecule has 1 fully saturated rings. The number of aromatic amines is 1. The molecule has 142 valence electrons. The zero-order chi connectivity index (χ0) is 18.5. The highest BCUT2D eigenvalue weighted by atomic mass is 32.1. The maximum Gasteiger partial charge on any atom is 0.222 e. The molecule has 0 spiro atoms. The number of aryl methyl sites for hydroxylation is 1. The maximum atomic E-state index is 12.6. The Morgan fingerprint density at radius 1 is 1.37 bits per heavy atom. The zero-order valence-corrected chi connectivity index (χ0v) is 16.1. The quantitative estimate of drug-likeness (QED) is 0.679. The molecule has 7 nitrogen and oxygen atoms in total. The molecule has 4 heterocycles. The van der Waals surface area contributed by atoms with Crippen LogP contribution in [0.1, 0.15) is 48.7 Å². The fourth-order valence-electron chi connectivity index (χ4n) is 3.74. The summed E-state index contributed by atoms with van der Waals surface area (Å²) in [5.41, 5.74) is 4.07. The van der Waals surface area contributed by atoms with E-state index in [4.69, 9.17) is 0 Å². The van der Waals surface area contributed by atoms with Crippen LogP contribution < -0.4 is 0 Å². The van der Waals surface area contributed by atoms with Crippen molar-refractivity contribution >= 4 is 17.2 Å². The molecule has 0 aromatic carbocycles. The molecule has 0 radical (unpaired) electrons. The van der Waals surface area contributed by atoms with E-state index in [2.05, 4.69) is 30.1 Å². The minimum atomic E-state index is 0.251. The molecule has 1 atom stereocenters. The highest BCUT2D eigenvalue weighted by Gasteiger charge is 2.27. The van der Waals surface area contributed by atoms with Crippen LogP contribution >= 0.6 is 11.3 Å². The van der Waals surface area contributed by atoms with Crippen LogP contribution in [-0.2, 0) is 17.8 Å². The minimum Gasteiger partial charge on any atom is -0.342 e. The van der Waals surface area contributed by atoms with Crippen molar-refractivity contribution in [1.29, 1.82) is 0 Å². The van der Waals surface area contributed by atoms with Gasteiger partial charge < -0.3 is 9.47 Å². The molecule has 3 aromatic heterocycles. The number of amides is 1. The Morgan fingerprint density at radius 3 is 3.15 bits per heavy atom. The summed E-state index contributed by atoms with van der Waals surface area (Å²) < 4.78 is 2.17. The largest absolute Gasteiger partial charge is 0.342 e. The number of piperidine rings is 1. The van der Waals surface area contributed by atoms with Gasteiger partial charge in [0.2, 0.25) is 5.91 Å². The average molecular weight is 385 g/mol. The number of nitrogens with one attached hydrogen (secondary N) is 1. The number of nitrogens with zero attached hydrogens (tertiary/aromatic N) is 5. The molecule has 4 rings (SSSR count). The Balaban J connectivity index is 1.34. The van der Waals surface area contributed by atoms with Crippen molar-refractivity contribution in [2.75, 3.05) is 13.1 Å². The third-order valence-electron chi connectivity index (χ3n) is 5.11. The smallest absolute Gasteiger partial charge is 0.222 e. The second-order valence-electron chi connectivity index (χ2n) is 7.03. The number of H-pyrrole nitrogens is 1. The topological polar surface area (TPSA) is 79.7 Å². The number of likely N-dealkylation sites (tertiary alicyclic amines) is 1. The molecule has 27 heavy (non-hydrogen) atoms. The lowest BCUT2D eigenvalue weighted by atomic mass is 9.96. The lowest BCUT2D eigenvalue weighted by Gasteiger charge is -2.32. The number of aromatic nitrogens is 5. The first-order valence-corrected chi connectivity index (χ1v) is 10.4. The van der Waals surface area contributed by atoms with E-state index in [0.29, 0.717) is 12.3 Å². The van der Waals surface area contributed by atoms with Gasteiger partial charge in [-0.05, 0) is 31.2 Å². The summed E-state index contributed by atoms with van der Waals surface area (Å²) in [4.78, 5) is 23.6. The molecular formula is C19H24N6OS. The van der Waals surface area contributed by atoms with Gasteiger partial charge in [-0.1, -0.05) is 0 Å². The summed E-state index contributed by atoms with van der Waals surface area (Å²) in [6.07, 6.45) is 12.0. The average Bonchev–Trinajstić information content (AvgIpc) is 3.45. The molecule has 1 N–H and O–H groups in total. The molecule has 0 unspecified atom stereocenters. The van der Waals surface area contributed by atoms with Crippen molar-refractivity contribution in [2.45, 2.75) is 44.6 Å². The normalized spacial score (nSPS) is 17.3. The lowest BCUT2D eigenvalue weighted by molar-refractivity contribution is -0.132. The molecule has 0 aliphatic carbocycles. The van der Waals surface area contributed by atoms with Crippen molar-refractivity contribution in [1.82, 2.24) is 29.6 Å². The molecule has 8 heteroatoms. The Morgan fingerprint density at radius 2 is 2.33 bits per heavy atom. The number of carbonyl (C=O) groups is 1. The third kappa shape index (κ3) is 4.44. The maximum absolute atomic E-state index is 12.6. The zero-order valence-electron chi connectivity index (χ0n) is 15.3. The van der Waals surface area contributed by atoms with Crippen molar-refractivity contribution in [3.8, 4) is 0 Å². The van der Waals surface area contributed by atoms with E-state index < -0.39 is 0 Å². The number of imidazole rings is 1. The van der Waals surface area contributed by atoms with Gasteiger partial charge in [0.05, 0.1) is 23.9 Å². The van der Waals surface area contributed by atoms with Crippen LogP contribution in [0.15, 0.2) is 35.7 Å². The van der Waals surface area contributed by atoms with Gasteiger partial charge in [0.25, 0.3) is 0 Å². The molecule has 1 aliphatic heterocycles. The second kappa shape index (κ2) is 8.47. The van der Waals surface area contributed by atoms with Gasteiger partial charge in [0, 0.05) is 49.4 Å². The summed E-state index contributed by atoms with van der Waals surface area (Å²) in [6.45, 7) is 2.36. The van der Waals surface area contributed by atoms with Crippen LogP contribution in [0.25, 0.3) is 0 Å². The summed E-state index contributed by atoms with van der Waals surface area (Å²) in [5.74, 6) is 1.62. The first kappa shape index (κ1) is 17.9. The molecule has 1 aliphatic rings. The van der Waals surface area contributed by atoms with E-state index in [-0.39, 0.29) is 5.91 Å². The summed E-state index contributed by atoms with van der Waals surface area (Å²) in [7, 11) is 0. The van der Waals surface area contributed by atoms with Crippen molar-refractivity contribution in [3.05, 3.63) is 52.8 Å². The SMILES string of the molecule is O=C(CCCc1cn[nH]c1)N1CCC[C@H](c2nccn2Cc2cscn2)C1. The van der Waals surface area contributed by atoms with E-state index in [1.807, 2.05) is 35.2 Å². The fraction of sp³-hybridized carbons (Fsp3) is 0.474. The van der Waals surface area contributed by atoms with Crippen LogP contribution in [0.2, 0.25) is 0 Å². The van der Waals surface area contributed by atoms with E-state index in [9.17, 15) is 4.79 Å². The predicted molar refractivity (Wildman–Crippen MR) is 104 cm³/mol. The van der Waals surface area contributed by atoms with Gasteiger partial charge in [0.15, 0.2) is 0 Å². The van der Waals surface area contributed by atoms with Gasteiger partial charge in [-0.3, -0.25) is 9.89 Å². The molecule has 3 aromatic rings. The van der Waals surface area contributed by atoms with Crippen molar-refractivity contribution < 1.29 is 4.79 Å². The van der Waals surface area contributed by atoms with Gasteiger partial charge in [0.1, 0.15) is 5.82 Å². The molecule has 1 saturated heterocycles. The Bertz CT molecular complexity index is 842. The number of carbonyl (C=O) groups excluding carboxylic acids is 1. The number of hydrogen-bond donors (Lipinski definition) is 1. The van der Waals surface area contributed by atoms with E-state index >= 15 is 0 Å². The van der Waals surface area contributed by atoms with Crippen LogP contribution in [0, 0.1) is 0 Å². The van der Waals surface area contributed by atoms with Crippen LogP contribution in [0.5, 0.6) is 0 Å². The first-order valence-electron chi connectivity index (χ1n) is 9.43. The monoisotopic (exact) mass is 384 g/mol. The van der Waals surface area contributed by atoms with Crippen molar-refractivity contribution in [3.63, 3.8) is 0 Å². The molecule has 0 saturated carbocycles. The van der Waals surface area contributed by atoms with Crippen LogP contribution in [0.3, 0.4) is 0 Å². The van der Waals surface area contributed by atoms with Gasteiger partial charge in [-0.25, -0.2) is 9.97 Å². The van der Waals surface area contributed by atoms with Gasteiger partial charge >= 0.3 is 0 Å². The third-order valence-corrected chi connectivity index (χ3v) is 5.75. The second-order valence-corrected chi connectivity index (χ2v) is 7.75. The van der Waals surface area contributed by atoms with Gasteiger partial charge in [-0.2, -0.15) is 5.10 Å². The Kier molecular flexibility index (Phi) is 5.62. The van der Waals surface area contributed by atoms with E-state index in [1.165, 1.54) is 0 Å². The molecule has 0 bridgehead atoms. The molecular weight excluding hydrogens is 360 g/mol. The standard InChI is InChI=1S/C19H24N6OS/c26-18(5-1-3-15-9-22-23-10-15)24-7-2-4-16(11-24)19-20-6-8-25(19)12-17-13-27-14-21-17/h6,8-10,13-14,16H,1-5,7,11-12H2,(H,22,23)/t16-/m0/s1. The Labute approximate surface area is 162 Å². The van der Waals surface area contributed by atoms with E-state index in [1.54, 1.807) is 11.3 Å². The molecule has 1 amide bonds. The first-order chi connectivity index (χ1) is 13.3. The minimum absolute atomic E-state index is 0.251. The number of thiazole rings is 1. The van der Waals surface area contributed by atoms with Crippen LogP contribution in [0.4, 0.5) is 0 Å². The predicted octanol–water partition coefficient (Wildman–Crippen LogP) is 2.84. The number of hydrogen-bond acceptors (Lipinski definition) is 5. The summed E-state index contributed by atoms with van der Waals surface area (Å²) >= 11 is 1.61. The highest BCUT2D eigenvalue weighted by Crippen LogP contribution is 2.27. The summed E-state index contributed by atoms with van der Waals surface area (Å²) in [5, 5.41) is 8.83. The van der Waals surface area contributed by atoms with E-state index in [0.717, 1.165) is 62.4 Å². The Hall–Kier alpha value is -2.48. The highest BCUT2D eigenvalue weighted by molar-refractivity contribution is 7.07. The van der Waals surface area contributed by atoms with Gasteiger partial charge in [-0.15, -0.1) is 11.3 Å². The van der Waals surface area contributed by atoms with Crippen molar-refractivity contribution in [2.24, 2.45) is 0 Å². The lowest BCUT2D eigenvalue weighted by Crippen LogP contribution is -2.39. The summed E-state index contributed by atoms with van der Waals surface area (Å²) in [6, 6.07) is 0. The fourth-order valence-corrected chi connectivity index (χ4v) is 4.28.